The van der Waals surface area contributed by atoms with Crippen molar-refractivity contribution in [2.45, 2.75) is 25.5 Å². The lowest BCUT2D eigenvalue weighted by molar-refractivity contribution is 0.0384. The molecule has 3 rings (SSSR count). The van der Waals surface area contributed by atoms with Gasteiger partial charge in [0, 0.05) is 36.6 Å². The van der Waals surface area contributed by atoms with Crippen molar-refractivity contribution in [2.75, 3.05) is 20.2 Å². The summed E-state index contributed by atoms with van der Waals surface area (Å²) in [6.45, 7) is 2.97. The van der Waals surface area contributed by atoms with Crippen LogP contribution in [-0.4, -0.2) is 36.4 Å². The molecule has 1 aliphatic rings. The second-order valence-corrected chi connectivity index (χ2v) is 5.90. The Morgan fingerprint density at radius 3 is 2.95 bits per heavy atom. The Balaban J connectivity index is 1.72. The molecule has 0 bridgehead atoms. The van der Waals surface area contributed by atoms with E-state index in [-0.39, 0.29) is 0 Å². The van der Waals surface area contributed by atoms with Gasteiger partial charge >= 0.3 is 0 Å². The lowest BCUT2D eigenvalue weighted by Gasteiger charge is -2.30. The number of benzene rings is 1. The topological polar surface area (TPSA) is 38.5 Å². The zero-order chi connectivity index (χ0) is 13.2. The maximum Gasteiger partial charge on any atom is 0.168 e. The first-order valence-corrected chi connectivity index (χ1v) is 7.34. The first kappa shape index (κ1) is 13.1. The molecule has 1 fully saturated rings. The van der Waals surface area contributed by atoms with Crippen LogP contribution in [-0.2, 0) is 11.3 Å². The highest BCUT2D eigenvalue weighted by molar-refractivity contribution is 9.10. The summed E-state index contributed by atoms with van der Waals surface area (Å²) >= 11 is 3.44. The summed E-state index contributed by atoms with van der Waals surface area (Å²) in [6, 6.07) is 6.05. The van der Waals surface area contributed by atoms with Gasteiger partial charge in [-0.2, -0.15) is 0 Å². The molecule has 0 spiro atoms. The van der Waals surface area contributed by atoms with Gasteiger partial charge in [-0.3, -0.25) is 4.90 Å². The SMILES string of the molecule is COC1CCN(Cc2noc3cc(Br)ccc23)CC1. The smallest absolute Gasteiger partial charge is 0.168 e. The van der Waals surface area contributed by atoms with Crippen LogP contribution in [0.5, 0.6) is 0 Å². The number of piperidine rings is 1. The van der Waals surface area contributed by atoms with E-state index in [4.69, 9.17) is 9.26 Å². The fourth-order valence-electron chi connectivity index (χ4n) is 2.59. The number of likely N-dealkylation sites (tertiary alicyclic amines) is 1. The first-order chi connectivity index (χ1) is 9.26. The molecule has 0 amide bonds. The second-order valence-electron chi connectivity index (χ2n) is 4.98. The molecule has 0 aliphatic carbocycles. The minimum absolute atomic E-state index is 0.418. The molecule has 102 valence electrons. The number of ether oxygens (including phenoxy) is 1. The lowest BCUT2D eigenvalue weighted by Crippen LogP contribution is -2.36. The van der Waals surface area contributed by atoms with Crippen LogP contribution in [0.4, 0.5) is 0 Å². The number of nitrogens with zero attached hydrogens (tertiary/aromatic N) is 2. The summed E-state index contributed by atoms with van der Waals surface area (Å²) in [6.07, 6.45) is 2.61. The van der Waals surface area contributed by atoms with Gasteiger partial charge in [-0.15, -0.1) is 0 Å². The second kappa shape index (κ2) is 5.61. The molecule has 2 heterocycles. The Kier molecular flexibility index (Phi) is 3.86. The van der Waals surface area contributed by atoms with Crippen LogP contribution in [0.15, 0.2) is 27.2 Å². The van der Waals surface area contributed by atoms with Crippen molar-refractivity contribution in [2.24, 2.45) is 0 Å². The normalized spacial score (nSPS) is 18.2. The monoisotopic (exact) mass is 324 g/mol. The van der Waals surface area contributed by atoms with Gasteiger partial charge in [0.2, 0.25) is 0 Å². The number of methoxy groups -OCH3 is 1. The van der Waals surface area contributed by atoms with Crippen LogP contribution in [0.1, 0.15) is 18.5 Å². The number of rotatable bonds is 3. The van der Waals surface area contributed by atoms with E-state index in [0.29, 0.717) is 6.10 Å². The van der Waals surface area contributed by atoms with Gasteiger partial charge in [0.15, 0.2) is 5.58 Å². The molecule has 0 atom stereocenters. The fraction of sp³-hybridized carbons (Fsp3) is 0.500. The van der Waals surface area contributed by atoms with Gasteiger partial charge in [-0.25, -0.2) is 0 Å². The molecule has 0 N–H and O–H groups in total. The van der Waals surface area contributed by atoms with Crippen LogP contribution in [0, 0.1) is 0 Å². The third kappa shape index (κ3) is 2.83. The van der Waals surface area contributed by atoms with Crippen molar-refractivity contribution in [3.05, 3.63) is 28.4 Å². The molecule has 1 aromatic heterocycles. The summed E-state index contributed by atoms with van der Waals surface area (Å²) in [5.74, 6) is 0. The van der Waals surface area contributed by atoms with Crippen molar-refractivity contribution < 1.29 is 9.26 Å². The predicted octanol–water partition coefficient (Wildman–Crippen LogP) is 3.20. The minimum atomic E-state index is 0.418. The third-order valence-corrected chi connectivity index (χ3v) is 4.24. The van der Waals surface area contributed by atoms with Crippen LogP contribution >= 0.6 is 15.9 Å². The Hall–Kier alpha value is -0.910. The number of fused-ring (bicyclic) bond motifs is 1. The van der Waals surface area contributed by atoms with Gasteiger partial charge < -0.3 is 9.26 Å². The molecule has 2 aromatic rings. The Bertz CT molecular complexity index is 562. The quantitative estimate of drug-likeness (QED) is 0.869. The molecule has 1 aliphatic heterocycles. The van der Waals surface area contributed by atoms with Crippen molar-refractivity contribution in [1.82, 2.24) is 10.1 Å². The molecule has 19 heavy (non-hydrogen) atoms. The summed E-state index contributed by atoms with van der Waals surface area (Å²) in [5.41, 5.74) is 1.87. The Labute approximate surface area is 120 Å². The summed E-state index contributed by atoms with van der Waals surface area (Å²) < 4.78 is 11.8. The largest absolute Gasteiger partial charge is 0.381 e. The average molecular weight is 325 g/mol. The van der Waals surface area contributed by atoms with Gasteiger partial charge in [0.25, 0.3) is 0 Å². The highest BCUT2D eigenvalue weighted by Crippen LogP contribution is 2.24. The average Bonchev–Trinajstić information content (AvgIpc) is 2.82. The van der Waals surface area contributed by atoms with Crippen LogP contribution in [0.25, 0.3) is 11.0 Å². The molecule has 1 aromatic carbocycles. The van der Waals surface area contributed by atoms with Crippen LogP contribution in [0.2, 0.25) is 0 Å². The van der Waals surface area contributed by atoms with E-state index in [0.717, 1.165) is 53.6 Å². The first-order valence-electron chi connectivity index (χ1n) is 6.55. The Morgan fingerprint density at radius 1 is 1.42 bits per heavy atom. The zero-order valence-electron chi connectivity index (χ0n) is 10.9. The molecule has 5 heteroatoms. The van der Waals surface area contributed by atoms with E-state index in [1.165, 1.54) is 0 Å². The van der Waals surface area contributed by atoms with Crippen LogP contribution < -0.4 is 0 Å². The number of hydrogen-bond acceptors (Lipinski definition) is 4. The highest BCUT2D eigenvalue weighted by Gasteiger charge is 2.20. The van der Waals surface area contributed by atoms with E-state index < -0.39 is 0 Å². The van der Waals surface area contributed by atoms with E-state index in [1.54, 1.807) is 7.11 Å². The van der Waals surface area contributed by atoms with E-state index in [9.17, 15) is 0 Å². The van der Waals surface area contributed by atoms with Crippen LogP contribution in [0.3, 0.4) is 0 Å². The maximum absolute atomic E-state index is 5.39. The van der Waals surface area contributed by atoms with Gasteiger partial charge in [-0.1, -0.05) is 21.1 Å². The summed E-state index contributed by atoms with van der Waals surface area (Å²) in [4.78, 5) is 2.41. The molecule has 0 unspecified atom stereocenters. The summed E-state index contributed by atoms with van der Waals surface area (Å²) in [7, 11) is 1.79. The van der Waals surface area contributed by atoms with Gasteiger partial charge in [0.05, 0.1) is 6.10 Å². The number of hydrogen-bond donors (Lipinski definition) is 0. The molecule has 0 saturated carbocycles. The maximum atomic E-state index is 5.39. The third-order valence-electron chi connectivity index (χ3n) is 3.75. The highest BCUT2D eigenvalue weighted by atomic mass is 79.9. The van der Waals surface area contributed by atoms with Crippen molar-refractivity contribution in [1.29, 1.82) is 0 Å². The fourth-order valence-corrected chi connectivity index (χ4v) is 2.93. The van der Waals surface area contributed by atoms with Gasteiger partial charge in [-0.05, 0) is 31.0 Å². The molecule has 4 nitrogen and oxygen atoms in total. The predicted molar refractivity (Wildman–Crippen MR) is 77.0 cm³/mol. The molecular weight excluding hydrogens is 308 g/mol. The summed E-state index contributed by atoms with van der Waals surface area (Å²) in [5, 5.41) is 5.31. The van der Waals surface area contributed by atoms with Crippen molar-refractivity contribution in [3.63, 3.8) is 0 Å². The molecule has 1 saturated heterocycles. The number of aromatic nitrogens is 1. The number of halogens is 1. The van der Waals surface area contributed by atoms with E-state index >= 15 is 0 Å². The lowest BCUT2D eigenvalue weighted by atomic mass is 10.1. The minimum Gasteiger partial charge on any atom is -0.381 e. The van der Waals surface area contributed by atoms with E-state index in [1.807, 2.05) is 12.1 Å². The van der Waals surface area contributed by atoms with E-state index in [2.05, 4.69) is 32.1 Å². The van der Waals surface area contributed by atoms with Crippen molar-refractivity contribution in [3.8, 4) is 0 Å². The van der Waals surface area contributed by atoms with Crippen molar-refractivity contribution >= 4 is 26.9 Å². The zero-order valence-corrected chi connectivity index (χ0v) is 12.5. The Morgan fingerprint density at radius 2 is 2.21 bits per heavy atom. The van der Waals surface area contributed by atoms with Gasteiger partial charge in [0.1, 0.15) is 5.69 Å². The molecule has 0 radical (unpaired) electrons. The standard InChI is InChI=1S/C14H17BrN2O2/c1-18-11-4-6-17(7-5-11)9-13-12-3-2-10(15)8-14(12)19-16-13/h2-3,8,11H,4-7,9H2,1H3. The molecular formula is C14H17BrN2O2.